The number of hydrogen-bond acceptors (Lipinski definition) is 2. The summed E-state index contributed by atoms with van der Waals surface area (Å²) >= 11 is 0. The van der Waals surface area contributed by atoms with E-state index in [1.807, 2.05) is 31.3 Å². The van der Waals surface area contributed by atoms with E-state index in [1.165, 1.54) is 38.5 Å². The fourth-order valence-corrected chi connectivity index (χ4v) is 4.26. The van der Waals surface area contributed by atoms with Gasteiger partial charge in [-0.25, -0.2) is 0 Å². The molecule has 1 saturated heterocycles. The first-order valence-corrected chi connectivity index (χ1v) is 9.42. The number of nitrogens with zero attached hydrogens (tertiary/aromatic N) is 2. The topological polar surface area (TPSA) is 56.7 Å². The SMILES string of the molecule is CN=C(NCc1ccc(C(=O)NC)cc1)N1CCC2(CCCCC2)C1. The van der Waals surface area contributed by atoms with Crippen molar-refractivity contribution in [2.24, 2.45) is 10.4 Å². The van der Waals surface area contributed by atoms with E-state index in [4.69, 9.17) is 0 Å². The van der Waals surface area contributed by atoms with Crippen LogP contribution in [0.2, 0.25) is 0 Å². The number of guanidine groups is 1. The molecule has 0 radical (unpaired) electrons. The summed E-state index contributed by atoms with van der Waals surface area (Å²) in [7, 11) is 3.51. The molecular formula is C20H30N4O. The van der Waals surface area contributed by atoms with Crippen LogP contribution in [0.4, 0.5) is 0 Å². The fourth-order valence-electron chi connectivity index (χ4n) is 4.26. The van der Waals surface area contributed by atoms with E-state index in [0.717, 1.165) is 31.2 Å². The standard InChI is InChI=1S/C20H30N4O/c1-21-18(25)17-8-6-16(7-9-17)14-23-19(22-2)24-13-12-20(15-24)10-4-3-5-11-20/h6-9H,3-5,10-15H2,1-2H3,(H,21,25)(H,22,23). The summed E-state index contributed by atoms with van der Waals surface area (Å²) in [5, 5.41) is 6.13. The van der Waals surface area contributed by atoms with E-state index >= 15 is 0 Å². The van der Waals surface area contributed by atoms with Crippen molar-refractivity contribution in [3.63, 3.8) is 0 Å². The quantitative estimate of drug-likeness (QED) is 0.656. The third kappa shape index (κ3) is 4.14. The second-order valence-corrected chi connectivity index (χ2v) is 7.41. The van der Waals surface area contributed by atoms with Crippen molar-refractivity contribution in [3.05, 3.63) is 35.4 Å². The highest BCUT2D eigenvalue weighted by Crippen LogP contribution is 2.43. The number of hydrogen-bond donors (Lipinski definition) is 2. The third-order valence-corrected chi connectivity index (χ3v) is 5.76. The lowest BCUT2D eigenvalue weighted by Gasteiger charge is -2.33. The third-order valence-electron chi connectivity index (χ3n) is 5.76. The van der Waals surface area contributed by atoms with Crippen molar-refractivity contribution in [3.8, 4) is 0 Å². The smallest absolute Gasteiger partial charge is 0.251 e. The highest BCUT2D eigenvalue weighted by Gasteiger charge is 2.39. The van der Waals surface area contributed by atoms with Crippen molar-refractivity contribution in [2.75, 3.05) is 27.2 Å². The zero-order chi connectivity index (χ0) is 17.7. The van der Waals surface area contributed by atoms with Gasteiger partial charge in [-0.15, -0.1) is 0 Å². The van der Waals surface area contributed by atoms with Gasteiger partial charge in [-0.2, -0.15) is 0 Å². The summed E-state index contributed by atoms with van der Waals surface area (Å²) in [6.07, 6.45) is 8.23. The first kappa shape index (κ1) is 17.8. The van der Waals surface area contributed by atoms with Gasteiger partial charge in [0, 0.05) is 39.3 Å². The molecule has 1 spiro atoms. The zero-order valence-corrected chi connectivity index (χ0v) is 15.5. The summed E-state index contributed by atoms with van der Waals surface area (Å²) in [6, 6.07) is 7.73. The fraction of sp³-hybridized carbons (Fsp3) is 0.600. The predicted octanol–water partition coefficient (Wildman–Crippen LogP) is 2.78. The van der Waals surface area contributed by atoms with Crippen molar-refractivity contribution in [2.45, 2.75) is 45.1 Å². The van der Waals surface area contributed by atoms with Crippen LogP contribution in [-0.2, 0) is 6.54 Å². The van der Waals surface area contributed by atoms with Gasteiger partial charge in [0.25, 0.3) is 5.91 Å². The summed E-state index contributed by atoms with van der Waals surface area (Å²) in [5.41, 5.74) is 2.38. The Bertz CT molecular complexity index is 617. The molecule has 1 saturated carbocycles. The van der Waals surface area contributed by atoms with E-state index in [-0.39, 0.29) is 5.91 Å². The number of carbonyl (C=O) groups is 1. The number of aliphatic imine (C=N–C) groups is 1. The molecule has 5 heteroatoms. The van der Waals surface area contributed by atoms with E-state index in [1.54, 1.807) is 7.05 Å². The molecule has 1 aliphatic heterocycles. The Labute approximate surface area is 150 Å². The number of nitrogens with one attached hydrogen (secondary N) is 2. The minimum atomic E-state index is -0.0508. The number of amides is 1. The molecule has 0 atom stereocenters. The van der Waals surface area contributed by atoms with Gasteiger partial charge >= 0.3 is 0 Å². The first-order valence-electron chi connectivity index (χ1n) is 9.42. The molecule has 2 N–H and O–H groups in total. The van der Waals surface area contributed by atoms with Crippen LogP contribution in [0.15, 0.2) is 29.3 Å². The Balaban J connectivity index is 1.55. The molecule has 0 bridgehead atoms. The average Bonchev–Trinajstić information content (AvgIpc) is 3.06. The highest BCUT2D eigenvalue weighted by atomic mass is 16.1. The van der Waals surface area contributed by atoms with Gasteiger partial charge in [-0.1, -0.05) is 31.4 Å². The monoisotopic (exact) mass is 342 g/mol. The molecule has 1 heterocycles. The Morgan fingerprint density at radius 1 is 1.16 bits per heavy atom. The summed E-state index contributed by atoms with van der Waals surface area (Å²) in [6.45, 7) is 2.97. The summed E-state index contributed by atoms with van der Waals surface area (Å²) in [5.74, 6) is 0.947. The Hall–Kier alpha value is -2.04. The van der Waals surface area contributed by atoms with Gasteiger partial charge < -0.3 is 15.5 Å². The van der Waals surface area contributed by atoms with Crippen LogP contribution in [0.1, 0.15) is 54.4 Å². The summed E-state index contributed by atoms with van der Waals surface area (Å²) in [4.78, 5) is 18.5. The minimum Gasteiger partial charge on any atom is -0.355 e. The van der Waals surface area contributed by atoms with Crippen LogP contribution < -0.4 is 10.6 Å². The van der Waals surface area contributed by atoms with Crippen LogP contribution in [-0.4, -0.2) is 44.0 Å². The molecule has 1 aromatic carbocycles. The van der Waals surface area contributed by atoms with Crippen molar-refractivity contribution < 1.29 is 4.79 Å². The number of likely N-dealkylation sites (tertiary alicyclic amines) is 1. The van der Waals surface area contributed by atoms with Crippen LogP contribution in [0.3, 0.4) is 0 Å². The molecule has 2 aliphatic rings. The maximum atomic E-state index is 11.6. The van der Waals surface area contributed by atoms with Crippen LogP contribution >= 0.6 is 0 Å². The molecule has 1 aliphatic carbocycles. The Kier molecular flexibility index (Phi) is 5.61. The van der Waals surface area contributed by atoms with Gasteiger partial charge in [0.1, 0.15) is 0 Å². The predicted molar refractivity (Wildman–Crippen MR) is 102 cm³/mol. The van der Waals surface area contributed by atoms with Gasteiger partial charge in [0.15, 0.2) is 5.96 Å². The van der Waals surface area contributed by atoms with E-state index in [9.17, 15) is 4.79 Å². The normalized spacial score (nSPS) is 19.9. The second-order valence-electron chi connectivity index (χ2n) is 7.41. The number of carbonyl (C=O) groups excluding carboxylic acids is 1. The summed E-state index contributed by atoms with van der Waals surface area (Å²) < 4.78 is 0. The van der Waals surface area contributed by atoms with E-state index in [0.29, 0.717) is 11.0 Å². The number of rotatable bonds is 3. The molecule has 0 aromatic heterocycles. The van der Waals surface area contributed by atoms with Gasteiger partial charge in [-0.05, 0) is 42.4 Å². The molecule has 0 unspecified atom stereocenters. The minimum absolute atomic E-state index is 0.0508. The molecule has 5 nitrogen and oxygen atoms in total. The average molecular weight is 342 g/mol. The maximum absolute atomic E-state index is 11.6. The maximum Gasteiger partial charge on any atom is 0.251 e. The highest BCUT2D eigenvalue weighted by molar-refractivity contribution is 5.93. The Morgan fingerprint density at radius 2 is 1.88 bits per heavy atom. The lowest BCUT2D eigenvalue weighted by atomic mass is 9.73. The van der Waals surface area contributed by atoms with Crippen molar-refractivity contribution in [1.29, 1.82) is 0 Å². The van der Waals surface area contributed by atoms with E-state index in [2.05, 4.69) is 20.5 Å². The van der Waals surface area contributed by atoms with Gasteiger partial charge in [0.05, 0.1) is 0 Å². The van der Waals surface area contributed by atoms with Crippen LogP contribution in [0, 0.1) is 5.41 Å². The van der Waals surface area contributed by atoms with Crippen LogP contribution in [0.5, 0.6) is 0 Å². The van der Waals surface area contributed by atoms with Gasteiger partial charge in [0.2, 0.25) is 0 Å². The van der Waals surface area contributed by atoms with Gasteiger partial charge in [-0.3, -0.25) is 9.79 Å². The molecule has 1 aromatic rings. The number of benzene rings is 1. The lowest BCUT2D eigenvalue weighted by molar-refractivity contribution is 0.0963. The molecule has 2 fully saturated rings. The van der Waals surface area contributed by atoms with Crippen molar-refractivity contribution >= 4 is 11.9 Å². The lowest BCUT2D eigenvalue weighted by Crippen LogP contribution is -2.41. The first-order chi connectivity index (χ1) is 12.2. The van der Waals surface area contributed by atoms with Crippen LogP contribution in [0.25, 0.3) is 0 Å². The zero-order valence-electron chi connectivity index (χ0n) is 15.5. The molecule has 1 amide bonds. The Morgan fingerprint density at radius 3 is 2.52 bits per heavy atom. The second kappa shape index (κ2) is 7.89. The molecule has 25 heavy (non-hydrogen) atoms. The van der Waals surface area contributed by atoms with Crippen molar-refractivity contribution in [1.82, 2.24) is 15.5 Å². The molecular weight excluding hydrogens is 312 g/mol. The largest absolute Gasteiger partial charge is 0.355 e. The van der Waals surface area contributed by atoms with E-state index < -0.39 is 0 Å². The molecule has 3 rings (SSSR count). The molecule has 136 valence electrons.